The van der Waals surface area contributed by atoms with Crippen LogP contribution in [-0.2, 0) is 17.8 Å². The highest BCUT2D eigenvalue weighted by Crippen LogP contribution is 2.30. The molecular formula is C27H24N4O2S2. The zero-order valence-electron chi connectivity index (χ0n) is 19.4. The van der Waals surface area contributed by atoms with E-state index in [0.29, 0.717) is 21.9 Å². The third kappa shape index (κ3) is 4.99. The molecule has 0 bridgehead atoms. The van der Waals surface area contributed by atoms with Crippen LogP contribution in [0.4, 0.5) is 5.69 Å². The van der Waals surface area contributed by atoms with Gasteiger partial charge in [-0.1, -0.05) is 60.6 Å². The number of hydrogen-bond donors (Lipinski definition) is 1. The Hall–Kier alpha value is -3.49. The predicted molar refractivity (Wildman–Crippen MR) is 145 cm³/mol. The molecular weight excluding hydrogens is 476 g/mol. The van der Waals surface area contributed by atoms with E-state index in [-0.39, 0.29) is 17.2 Å². The van der Waals surface area contributed by atoms with E-state index >= 15 is 0 Å². The van der Waals surface area contributed by atoms with E-state index in [4.69, 9.17) is 4.98 Å². The molecule has 0 unspecified atom stereocenters. The molecule has 0 aliphatic rings. The highest BCUT2D eigenvalue weighted by atomic mass is 32.2. The number of fused-ring (bicyclic) bond motifs is 3. The quantitative estimate of drug-likeness (QED) is 0.231. The molecule has 8 heteroatoms. The molecule has 0 atom stereocenters. The number of hydrogen-bond acceptors (Lipinski definition) is 6. The summed E-state index contributed by atoms with van der Waals surface area (Å²) in [4.78, 5) is 36.4. The van der Waals surface area contributed by atoms with Gasteiger partial charge in [-0.25, -0.2) is 9.97 Å². The summed E-state index contributed by atoms with van der Waals surface area (Å²) in [5, 5.41) is 4.33. The highest BCUT2D eigenvalue weighted by molar-refractivity contribution is 7.99. The van der Waals surface area contributed by atoms with E-state index in [1.54, 1.807) is 10.8 Å². The van der Waals surface area contributed by atoms with Crippen LogP contribution in [0.3, 0.4) is 0 Å². The van der Waals surface area contributed by atoms with Gasteiger partial charge in [0.25, 0.3) is 5.56 Å². The summed E-state index contributed by atoms with van der Waals surface area (Å²) < 4.78 is 2.24. The normalized spacial score (nSPS) is 11.3. The van der Waals surface area contributed by atoms with Crippen molar-refractivity contribution < 1.29 is 4.79 Å². The average Bonchev–Trinajstić information content (AvgIpc) is 3.25. The molecule has 5 rings (SSSR count). The lowest BCUT2D eigenvalue weighted by atomic mass is 10.1. The Kier molecular flexibility index (Phi) is 6.66. The third-order valence-corrected chi connectivity index (χ3v) is 7.80. The molecule has 3 heterocycles. The maximum atomic E-state index is 13.6. The van der Waals surface area contributed by atoms with Crippen LogP contribution in [0.1, 0.15) is 23.6 Å². The van der Waals surface area contributed by atoms with Crippen molar-refractivity contribution in [2.24, 2.45) is 0 Å². The van der Waals surface area contributed by atoms with Crippen LogP contribution in [0.15, 0.2) is 76.8 Å². The minimum Gasteiger partial charge on any atom is -0.325 e. The van der Waals surface area contributed by atoms with Gasteiger partial charge in [-0.2, -0.15) is 0 Å². The lowest BCUT2D eigenvalue weighted by molar-refractivity contribution is -0.113. The third-order valence-electron chi connectivity index (χ3n) is 5.73. The molecule has 1 amide bonds. The molecule has 0 spiro atoms. The maximum Gasteiger partial charge on any atom is 0.272 e. The van der Waals surface area contributed by atoms with E-state index < -0.39 is 0 Å². The van der Waals surface area contributed by atoms with E-state index in [0.717, 1.165) is 39.0 Å². The SMILES string of the molecule is CCc1cccc(NC(=O)CSc2nc3c(sc4ncccc43)c(=O)n2Cc2ccc(C)cc2)c1. The molecule has 0 fully saturated rings. The summed E-state index contributed by atoms with van der Waals surface area (Å²) in [5.74, 6) is -0.000903. The van der Waals surface area contributed by atoms with Crippen LogP contribution in [0, 0.1) is 6.92 Å². The first-order chi connectivity index (χ1) is 17.0. The zero-order chi connectivity index (χ0) is 24.4. The van der Waals surface area contributed by atoms with Crippen molar-refractivity contribution in [3.8, 4) is 0 Å². The number of anilines is 1. The van der Waals surface area contributed by atoms with Gasteiger partial charge in [0.05, 0.1) is 17.8 Å². The number of benzene rings is 2. The number of thiophene rings is 1. The van der Waals surface area contributed by atoms with Crippen LogP contribution < -0.4 is 10.9 Å². The topological polar surface area (TPSA) is 76.9 Å². The number of rotatable bonds is 7. The average molecular weight is 501 g/mol. The molecule has 2 aromatic carbocycles. The molecule has 5 aromatic rings. The van der Waals surface area contributed by atoms with Crippen molar-refractivity contribution in [2.75, 3.05) is 11.1 Å². The van der Waals surface area contributed by atoms with Crippen LogP contribution in [0.25, 0.3) is 20.4 Å². The number of aryl methyl sites for hydroxylation is 2. The first kappa shape index (κ1) is 23.3. The molecule has 3 aromatic heterocycles. The highest BCUT2D eigenvalue weighted by Gasteiger charge is 2.18. The van der Waals surface area contributed by atoms with Gasteiger partial charge in [-0.3, -0.25) is 14.2 Å². The fraction of sp³-hybridized carbons (Fsp3) is 0.185. The molecule has 176 valence electrons. The Labute approximate surface area is 211 Å². The van der Waals surface area contributed by atoms with Gasteiger partial charge in [0.2, 0.25) is 5.91 Å². The Morgan fingerprint density at radius 2 is 1.91 bits per heavy atom. The van der Waals surface area contributed by atoms with Gasteiger partial charge >= 0.3 is 0 Å². The van der Waals surface area contributed by atoms with E-state index in [1.807, 2.05) is 67.6 Å². The number of thioether (sulfide) groups is 1. The smallest absolute Gasteiger partial charge is 0.272 e. The van der Waals surface area contributed by atoms with Crippen molar-refractivity contribution in [3.05, 3.63) is 93.9 Å². The van der Waals surface area contributed by atoms with Crippen molar-refractivity contribution in [2.45, 2.75) is 32.0 Å². The Morgan fingerprint density at radius 3 is 2.71 bits per heavy atom. The number of carbonyl (C=O) groups is 1. The van der Waals surface area contributed by atoms with Crippen molar-refractivity contribution in [3.63, 3.8) is 0 Å². The monoisotopic (exact) mass is 500 g/mol. The number of nitrogens with zero attached hydrogens (tertiary/aromatic N) is 3. The van der Waals surface area contributed by atoms with Crippen LogP contribution in [0.2, 0.25) is 0 Å². The maximum absolute atomic E-state index is 13.6. The number of carbonyl (C=O) groups excluding carboxylic acids is 1. The minimum absolute atomic E-state index is 0.114. The van der Waals surface area contributed by atoms with Crippen LogP contribution in [0.5, 0.6) is 0 Å². The second-order valence-electron chi connectivity index (χ2n) is 8.30. The second-order valence-corrected chi connectivity index (χ2v) is 10.2. The van der Waals surface area contributed by atoms with Gasteiger partial charge < -0.3 is 5.32 Å². The first-order valence-electron chi connectivity index (χ1n) is 11.4. The Morgan fingerprint density at radius 1 is 1.09 bits per heavy atom. The number of nitrogens with one attached hydrogen (secondary N) is 1. The van der Waals surface area contributed by atoms with Crippen molar-refractivity contribution in [1.82, 2.24) is 14.5 Å². The molecule has 35 heavy (non-hydrogen) atoms. The number of amides is 1. The molecule has 0 saturated carbocycles. The van der Waals surface area contributed by atoms with Crippen LogP contribution in [-0.4, -0.2) is 26.2 Å². The van der Waals surface area contributed by atoms with Crippen molar-refractivity contribution in [1.29, 1.82) is 0 Å². The Balaban J connectivity index is 1.49. The lowest BCUT2D eigenvalue weighted by Gasteiger charge is -2.13. The van der Waals surface area contributed by atoms with Gasteiger partial charge in [0, 0.05) is 17.3 Å². The van der Waals surface area contributed by atoms with Gasteiger partial charge in [0.15, 0.2) is 5.16 Å². The Bertz CT molecular complexity index is 1590. The fourth-order valence-corrected chi connectivity index (χ4v) is 5.69. The van der Waals surface area contributed by atoms with Gasteiger partial charge in [-0.05, 0) is 48.7 Å². The van der Waals surface area contributed by atoms with E-state index in [1.165, 1.54) is 23.1 Å². The summed E-state index contributed by atoms with van der Waals surface area (Å²) in [6.07, 6.45) is 2.62. The first-order valence-corrected chi connectivity index (χ1v) is 13.2. The van der Waals surface area contributed by atoms with E-state index in [9.17, 15) is 9.59 Å². The number of aromatic nitrogens is 3. The number of pyridine rings is 1. The van der Waals surface area contributed by atoms with Crippen LogP contribution >= 0.6 is 23.1 Å². The molecule has 6 nitrogen and oxygen atoms in total. The zero-order valence-corrected chi connectivity index (χ0v) is 21.1. The largest absolute Gasteiger partial charge is 0.325 e. The summed E-state index contributed by atoms with van der Waals surface area (Å²) in [5.41, 5.74) is 4.61. The van der Waals surface area contributed by atoms with Gasteiger partial charge in [-0.15, -0.1) is 11.3 Å². The summed E-state index contributed by atoms with van der Waals surface area (Å²) in [6, 6.07) is 19.7. The standard InChI is InChI=1S/C27H24N4O2S2/c1-3-18-6-4-7-20(14-18)29-22(32)16-34-27-30-23-21-8-5-13-28-25(21)35-24(23)26(33)31(27)15-19-11-9-17(2)10-12-19/h4-14H,3,15-16H2,1-2H3,(H,29,32). The molecule has 0 aliphatic heterocycles. The summed E-state index contributed by atoms with van der Waals surface area (Å²) >= 11 is 2.63. The molecule has 1 N–H and O–H groups in total. The van der Waals surface area contributed by atoms with Gasteiger partial charge in [0.1, 0.15) is 9.53 Å². The second kappa shape index (κ2) is 10.0. The molecule has 0 aliphatic carbocycles. The van der Waals surface area contributed by atoms with E-state index in [2.05, 4.69) is 17.2 Å². The lowest BCUT2D eigenvalue weighted by Crippen LogP contribution is -2.24. The summed E-state index contributed by atoms with van der Waals surface area (Å²) in [7, 11) is 0. The predicted octanol–water partition coefficient (Wildman–Crippen LogP) is 5.66. The molecule has 0 saturated heterocycles. The minimum atomic E-state index is -0.142. The summed E-state index contributed by atoms with van der Waals surface area (Å²) in [6.45, 7) is 4.49. The van der Waals surface area contributed by atoms with Crippen molar-refractivity contribution >= 4 is 55.1 Å². The fourth-order valence-electron chi connectivity index (χ4n) is 3.86. The molecule has 0 radical (unpaired) electrons.